The lowest BCUT2D eigenvalue weighted by atomic mass is 10.2. The Balaban J connectivity index is 2.46. The number of rotatable bonds is 1. The Bertz CT molecular complexity index is 182. The van der Waals surface area contributed by atoms with Gasteiger partial charge >= 0.3 is 0 Å². The Morgan fingerprint density at radius 2 is 2.15 bits per heavy atom. The summed E-state index contributed by atoms with van der Waals surface area (Å²) in [4.78, 5) is 15.4. The Labute approximate surface area is 79.9 Å². The smallest absolute Gasteiger partial charge is 0.240 e. The molecule has 0 aliphatic carbocycles. The van der Waals surface area contributed by atoms with Gasteiger partial charge in [-0.15, -0.1) is 0 Å². The molecule has 4 heteroatoms. The first kappa shape index (κ1) is 10.5. The van der Waals surface area contributed by atoms with Gasteiger partial charge in [0.15, 0.2) is 0 Å². The molecule has 1 aliphatic rings. The van der Waals surface area contributed by atoms with Crippen LogP contribution in [0.15, 0.2) is 0 Å². The summed E-state index contributed by atoms with van der Waals surface area (Å²) in [5.41, 5.74) is 0. The number of hydrogen-bond acceptors (Lipinski definition) is 2. The summed E-state index contributed by atoms with van der Waals surface area (Å²) in [6.45, 7) is 2.71. The Morgan fingerprint density at radius 3 is 2.77 bits per heavy atom. The van der Waals surface area contributed by atoms with Gasteiger partial charge in [-0.1, -0.05) is 0 Å². The molecule has 0 saturated carbocycles. The average molecular weight is 184 g/mol. The monoisotopic (exact) mass is 184 g/mol. The zero-order chi connectivity index (χ0) is 9.84. The van der Waals surface area contributed by atoms with Crippen LogP contribution in [-0.4, -0.2) is 62.5 Å². The van der Waals surface area contributed by atoms with Crippen LogP contribution in [-0.2, 0) is 4.79 Å². The molecule has 1 aliphatic heterocycles. The van der Waals surface area contributed by atoms with Crippen molar-refractivity contribution in [3.8, 4) is 0 Å². The van der Waals surface area contributed by atoms with Crippen LogP contribution in [0, 0.1) is 0 Å². The number of carbonyl (C=O) groups excluding carboxylic acids is 1. The normalized spacial score (nSPS) is 25.3. The fourth-order valence-corrected chi connectivity index (χ4v) is 1.43. The van der Waals surface area contributed by atoms with Crippen LogP contribution in [0.25, 0.3) is 0 Å². The SMILES string of the molecule is CN1CC[N]C(C(=O)N(C)C)CC1. The van der Waals surface area contributed by atoms with E-state index >= 15 is 0 Å². The van der Waals surface area contributed by atoms with Crippen LogP contribution in [0.1, 0.15) is 6.42 Å². The second-order valence-electron chi connectivity index (χ2n) is 3.75. The molecule has 4 nitrogen and oxygen atoms in total. The third kappa shape index (κ3) is 2.97. The Morgan fingerprint density at radius 1 is 1.46 bits per heavy atom. The maximum atomic E-state index is 11.6. The predicted octanol–water partition coefficient (Wildman–Crippen LogP) is -0.617. The van der Waals surface area contributed by atoms with Gasteiger partial charge in [0.25, 0.3) is 0 Å². The molecule has 1 fully saturated rings. The van der Waals surface area contributed by atoms with Crippen LogP contribution in [0.2, 0.25) is 0 Å². The van der Waals surface area contributed by atoms with Crippen molar-refractivity contribution >= 4 is 5.91 Å². The highest BCUT2D eigenvalue weighted by atomic mass is 16.2. The van der Waals surface area contributed by atoms with Gasteiger partial charge in [0.2, 0.25) is 5.91 Å². The second kappa shape index (κ2) is 4.58. The molecule has 0 spiro atoms. The van der Waals surface area contributed by atoms with E-state index in [1.165, 1.54) is 0 Å². The first-order chi connectivity index (χ1) is 6.11. The molecule has 75 valence electrons. The van der Waals surface area contributed by atoms with Crippen molar-refractivity contribution in [1.82, 2.24) is 15.1 Å². The van der Waals surface area contributed by atoms with E-state index in [0.29, 0.717) is 0 Å². The Kier molecular flexibility index (Phi) is 3.69. The van der Waals surface area contributed by atoms with Gasteiger partial charge < -0.3 is 9.80 Å². The second-order valence-corrected chi connectivity index (χ2v) is 3.75. The van der Waals surface area contributed by atoms with Crippen molar-refractivity contribution in [2.24, 2.45) is 0 Å². The molecule has 0 aromatic heterocycles. The fraction of sp³-hybridized carbons (Fsp3) is 0.889. The third-order valence-electron chi connectivity index (χ3n) is 2.34. The maximum Gasteiger partial charge on any atom is 0.240 e. The van der Waals surface area contributed by atoms with Crippen molar-refractivity contribution in [2.45, 2.75) is 12.5 Å². The van der Waals surface area contributed by atoms with Crippen molar-refractivity contribution in [2.75, 3.05) is 40.8 Å². The molecule has 0 N–H and O–H groups in total. The van der Waals surface area contributed by atoms with Gasteiger partial charge in [-0.3, -0.25) is 4.79 Å². The lowest BCUT2D eigenvalue weighted by molar-refractivity contribution is -0.131. The van der Waals surface area contributed by atoms with Crippen molar-refractivity contribution in [1.29, 1.82) is 0 Å². The van der Waals surface area contributed by atoms with Gasteiger partial charge in [-0.25, -0.2) is 5.32 Å². The largest absolute Gasteiger partial charge is 0.347 e. The summed E-state index contributed by atoms with van der Waals surface area (Å²) in [6.07, 6.45) is 0.855. The van der Waals surface area contributed by atoms with E-state index in [2.05, 4.69) is 17.3 Å². The number of hydrogen-bond donors (Lipinski definition) is 0. The molecule has 1 unspecified atom stereocenters. The summed E-state index contributed by atoms with van der Waals surface area (Å²) < 4.78 is 0. The highest BCUT2D eigenvalue weighted by Gasteiger charge is 2.23. The molecule has 1 atom stereocenters. The molecule has 1 rings (SSSR count). The minimum atomic E-state index is -0.111. The van der Waals surface area contributed by atoms with Crippen LogP contribution >= 0.6 is 0 Å². The van der Waals surface area contributed by atoms with Gasteiger partial charge in [-0.05, 0) is 20.0 Å². The lowest BCUT2D eigenvalue weighted by Crippen LogP contribution is -2.40. The Hall–Kier alpha value is -0.610. The molecule has 13 heavy (non-hydrogen) atoms. The summed E-state index contributed by atoms with van der Waals surface area (Å²) in [5, 5.41) is 4.36. The van der Waals surface area contributed by atoms with E-state index in [-0.39, 0.29) is 11.9 Å². The van der Waals surface area contributed by atoms with Crippen LogP contribution in [0.5, 0.6) is 0 Å². The number of amides is 1. The maximum absolute atomic E-state index is 11.6. The van der Waals surface area contributed by atoms with E-state index in [4.69, 9.17) is 0 Å². The summed E-state index contributed by atoms with van der Waals surface area (Å²) in [5.74, 6) is 0.135. The summed E-state index contributed by atoms with van der Waals surface area (Å²) in [7, 11) is 5.64. The van der Waals surface area contributed by atoms with Crippen LogP contribution in [0.3, 0.4) is 0 Å². The van der Waals surface area contributed by atoms with Crippen LogP contribution in [0.4, 0.5) is 0 Å². The minimum Gasteiger partial charge on any atom is -0.347 e. The third-order valence-corrected chi connectivity index (χ3v) is 2.34. The first-order valence-electron chi connectivity index (χ1n) is 4.67. The predicted molar refractivity (Wildman–Crippen MR) is 51.6 cm³/mol. The van der Waals surface area contributed by atoms with E-state index in [0.717, 1.165) is 26.1 Å². The summed E-state index contributed by atoms with van der Waals surface area (Å²) >= 11 is 0. The van der Waals surface area contributed by atoms with Gasteiger partial charge in [-0.2, -0.15) is 0 Å². The molecule has 0 aromatic rings. The highest BCUT2D eigenvalue weighted by molar-refractivity contribution is 5.81. The zero-order valence-corrected chi connectivity index (χ0v) is 8.66. The van der Waals surface area contributed by atoms with E-state index < -0.39 is 0 Å². The molecule has 1 radical (unpaired) electrons. The lowest BCUT2D eigenvalue weighted by Gasteiger charge is -2.18. The van der Waals surface area contributed by atoms with E-state index in [1.54, 1.807) is 19.0 Å². The molecule has 1 saturated heterocycles. The van der Waals surface area contributed by atoms with Crippen LogP contribution < -0.4 is 5.32 Å². The number of carbonyl (C=O) groups is 1. The summed E-state index contributed by atoms with van der Waals surface area (Å²) in [6, 6.07) is -0.111. The van der Waals surface area contributed by atoms with Crippen molar-refractivity contribution in [3.05, 3.63) is 0 Å². The fourth-order valence-electron chi connectivity index (χ4n) is 1.43. The quantitative estimate of drug-likeness (QED) is 0.545. The number of nitrogens with zero attached hydrogens (tertiary/aromatic N) is 3. The first-order valence-corrected chi connectivity index (χ1v) is 4.67. The molecule has 0 bridgehead atoms. The van der Waals surface area contributed by atoms with Gasteiger partial charge in [0, 0.05) is 27.2 Å². The van der Waals surface area contributed by atoms with E-state index in [9.17, 15) is 4.79 Å². The minimum absolute atomic E-state index is 0.111. The van der Waals surface area contributed by atoms with Crippen molar-refractivity contribution in [3.63, 3.8) is 0 Å². The molecular formula is C9H18N3O. The van der Waals surface area contributed by atoms with Gasteiger partial charge in [0.1, 0.15) is 6.04 Å². The highest BCUT2D eigenvalue weighted by Crippen LogP contribution is 2.03. The van der Waals surface area contributed by atoms with Gasteiger partial charge in [0.05, 0.1) is 0 Å². The molecular weight excluding hydrogens is 166 g/mol. The average Bonchev–Trinajstić information content (AvgIpc) is 2.28. The topological polar surface area (TPSA) is 37.7 Å². The van der Waals surface area contributed by atoms with E-state index in [1.807, 2.05) is 0 Å². The zero-order valence-electron chi connectivity index (χ0n) is 8.66. The number of likely N-dealkylation sites (N-methyl/N-ethyl adjacent to an activating group) is 2. The standard InChI is InChI=1S/C9H18N3O/c1-11(2)9(13)8-4-6-12(3)7-5-10-8/h8H,4-7H2,1-3H3. The molecule has 1 heterocycles. The van der Waals surface area contributed by atoms with Crippen molar-refractivity contribution < 1.29 is 4.79 Å². The molecule has 1 amide bonds. The molecule has 0 aromatic carbocycles.